The molecular formula is C20H23FN4O2S. The van der Waals surface area contributed by atoms with E-state index in [1.807, 2.05) is 0 Å². The summed E-state index contributed by atoms with van der Waals surface area (Å²) in [4.78, 5) is 25.1. The molecule has 2 aromatic rings. The van der Waals surface area contributed by atoms with E-state index in [4.69, 9.17) is 0 Å². The zero-order chi connectivity index (χ0) is 19.7. The Morgan fingerprint density at radius 3 is 2.64 bits per heavy atom. The number of rotatable bonds is 3. The summed E-state index contributed by atoms with van der Waals surface area (Å²) in [6, 6.07) is 5.93. The van der Waals surface area contributed by atoms with E-state index in [2.05, 4.69) is 22.7 Å². The maximum Gasteiger partial charge on any atom is 0.314 e. The second kappa shape index (κ2) is 7.95. The lowest BCUT2D eigenvalue weighted by Crippen LogP contribution is -2.46. The van der Waals surface area contributed by atoms with Crippen LogP contribution in [0.2, 0.25) is 0 Å². The van der Waals surface area contributed by atoms with Crippen LogP contribution >= 0.6 is 11.8 Å². The van der Waals surface area contributed by atoms with E-state index in [-0.39, 0.29) is 11.9 Å². The number of carbonyl (C=O) groups excluding carboxylic acids is 2. The molecule has 6 nitrogen and oxygen atoms in total. The largest absolute Gasteiger partial charge is 0.345 e. The van der Waals surface area contributed by atoms with Gasteiger partial charge in [-0.15, -0.1) is 0 Å². The fourth-order valence-electron chi connectivity index (χ4n) is 3.84. The van der Waals surface area contributed by atoms with Gasteiger partial charge in [-0.05, 0) is 43.0 Å². The summed E-state index contributed by atoms with van der Waals surface area (Å²) in [6.07, 6.45) is 4.20. The average Bonchev–Trinajstić information content (AvgIpc) is 3.27. The summed E-state index contributed by atoms with van der Waals surface area (Å²) in [7, 11) is 0. The third-order valence-corrected chi connectivity index (χ3v) is 6.46. The lowest BCUT2D eigenvalue weighted by Gasteiger charge is -2.29. The van der Waals surface area contributed by atoms with E-state index in [0.717, 1.165) is 36.3 Å². The van der Waals surface area contributed by atoms with E-state index in [1.165, 1.54) is 18.6 Å². The Morgan fingerprint density at radius 2 is 1.89 bits per heavy atom. The predicted octanol–water partition coefficient (Wildman–Crippen LogP) is 3.39. The smallest absolute Gasteiger partial charge is 0.314 e. The van der Waals surface area contributed by atoms with Crippen molar-refractivity contribution >= 4 is 29.4 Å². The standard InChI is InChI=1S/C20H23FN4O2S/c1-12-4-2-3-5-16(12)22-19(26)20(27)23-18-15-10-28-11-17(15)24-25(18)14-8-6-13(21)7-9-14/h6-9,12,16H,2-5,10-11H2,1H3,(H,22,26)(H,23,27)/t12-,16+/m1/s1. The van der Waals surface area contributed by atoms with E-state index in [0.29, 0.717) is 23.2 Å². The van der Waals surface area contributed by atoms with Gasteiger partial charge >= 0.3 is 11.8 Å². The molecular weight excluding hydrogens is 379 g/mol. The Morgan fingerprint density at radius 1 is 1.14 bits per heavy atom. The minimum atomic E-state index is -0.694. The number of nitrogens with zero attached hydrogens (tertiary/aromatic N) is 2. The summed E-state index contributed by atoms with van der Waals surface area (Å²) in [5.74, 6) is 0.668. The number of hydrogen-bond donors (Lipinski definition) is 2. The third kappa shape index (κ3) is 3.78. The van der Waals surface area contributed by atoms with Gasteiger partial charge in [-0.25, -0.2) is 9.07 Å². The second-order valence-corrected chi connectivity index (χ2v) is 8.44. The highest BCUT2D eigenvalue weighted by Crippen LogP contribution is 2.36. The number of nitrogens with one attached hydrogen (secondary N) is 2. The summed E-state index contributed by atoms with van der Waals surface area (Å²) >= 11 is 1.71. The average molecular weight is 402 g/mol. The third-order valence-electron chi connectivity index (χ3n) is 5.49. The molecule has 1 aromatic heterocycles. The van der Waals surface area contributed by atoms with Crippen molar-refractivity contribution in [2.75, 3.05) is 5.32 Å². The Labute approximate surface area is 167 Å². The molecule has 8 heteroatoms. The maximum absolute atomic E-state index is 13.3. The molecule has 0 radical (unpaired) electrons. The summed E-state index contributed by atoms with van der Waals surface area (Å²) in [6.45, 7) is 2.11. The molecule has 148 valence electrons. The highest BCUT2D eigenvalue weighted by molar-refractivity contribution is 7.98. The molecule has 4 rings (SSSR count). The van der Waals surface area contributed by atoms with Gasteiger partial charge in [-0.2, -0.15) is 16.9 Å². The lowest BCUT2D eigenvalue weighted by molar-refractivity contribution is -0.137. The van der Waals surface area contributed by atoms with Gasteiger partial charge in [-0.1, -0.05) is 19.8 Å². The summed E-state index contributed by atoms with van der Waals surface area (Å²) < 4.78 is 14.9. The van der Waals surface area contributed by atoms with Crippen molar-refractivity contribution in [3.05, 3.63) is 41.3 Å². The van der Waals surface area contributed by atoms with Crippen LogP contribution in [0.25, 0.3) is 5.69 Å². The maximum atomic E-state index is 13.3. The van der Waals surface area contributed by atoms with Crippen molar-refractivity contribution in [2.45, 2.75) is 50.2 Å². The normalized spacial score (nSPS) is 21.2. The number of benzene rings is 1. The molecule has 2 amide bonds. The number of thioether (sulfide) groups is 1. The number of amides is 2. The van der Waals surface area contributed by atoms with E-state index < -0.39 is 11.8 Å². The van der Waals surface area contributed by atoms with E-state index in [1.54, 1.807) is 28.6 Å². The van der Waals surface area contributed by atoms with Crippen molar-refractivity contribution in [3.63, 3.8) is 0 Å². The first-order chi connectivity index (χ1) is 13.5. The van der Waals surface area contributed by atoms with Crippen LogP contribution in [0.5, 0.6) is 0 Å². The Bertz CT molecular complexity index is 896. The van der Waals surface area contributed by atoms with Crippen LogP contribution in [0.3, 0.4) is 0 Å². The number of halogens is 1. The first-order valence-electron chi connectivity index (χ1n) is 9.59. The number of aromatic nitrogens is 2. The summed E-state index contributed by atoms with van der Waals surface area (Å²) in [5.41, 5.74) is 2.44. The van der Waals surface area contributed by atoms with Crippen molar-refractivity contribution in [1.29, 1.82) is 0 Å². The molecule has 28 heavy (non-hydrogen) atoms. The van der Waals surface area contributed by atoms with Gasteiger partial charge in [0.05, 0.1) is 11.4 Å². The molecule has 1 aliphatic carbocycles. The molecule has 2 N–H and O–H groups in total. The van der Waals surface area contributed by atoms with Gasteiger partial charge in [0.1, 0.15) is 11.6 Å². The Kier molecular flexibility index (Phi) is 5.39. The minimum Gasteiger partial charge on any atom is -0.345 e. The number of carbonyl (C=O) groups is 2. The summed E-state index contributed by atoms with van der Waals surface area (Å²) in [5, 5.41) is 10.2. The van der Waals surface area contributed by atoms with Crippen LogP contribution in [-0.4, -0.2) is 27.6 Å². The lowest BCUT2D eigenvalue weighted by atomic mass is 9.86. The second-order valence-electron chi connectivity index (χ2n) is 7.45. The van der Waals surface area contributed by atoms with E-state index >= 15 is 0 Å². The molecule has 0 saturated heterocycles. The number of fused-ring (bicyclic) bond motifs is 1. The fraction of sp³-hybridized carbons (Fsp3) is 0.450. The van der Waals surface area contributed by atoms with Crippen LogP contribution in [0.1, 0.15) is 43.9 Å². The Hall–Kier alpha value is -2.35. The Balaban J connectivity index is 1.54. The van der Waals surface area contributed by atoms with Crippen molar-refractivity contribution in [1.82, 2.24) is 15.1 Å². The topological polar surface area (TPSA) is 76.0 Å². The molecule has 2 aliphatic rings. The molecule has 0 spiro atoms. The molecule has 1 aliphatic heterocycles. The van der Waals surface area contributed by atoms with Gasteiger partial charge < -0.3 is 10.6 Å². The van der Waals surface area contributed by atoms with Gasteiger partial charge in [0.2, 0.25) is 0 Å². The minimum absolute atomic E-state index is 0.0373. The van der Waals surface area contributed by atoms with Gasteiger partial charge in [0.15, 0.2) is 0 Å². The highest BCUT2D eigenvalue weighted by atomic mass is 32.2. The highest BCUT2D eigenvalue weighted by Gasteiger charge is 2.29. The predicted molar refractivity (Wildman–Crippen MR) is 107 cm³/mol. The van der Waals surface area contributed by atoms with E-state index in [9.17, 15) is 14.0 Å². The first-order valence-corrected chi connectivity index (χ1v) is 10.7. The van der Waals surface area contributed by atoms with Crippen LogP contribution in [0, 0.1) is 11.7 Å². The SMILES string of the molecule is C[C@@H]1CCCC[C@@H]1NC(=O)C(=O)Nc1c2c(nn1-c1ccc(F)cc1)CSC2. The molecule has 0 bridgehead atoms. The fourth-order valence-corrected chi connectivity index (χ4v) is 4.87. The molecule has 1 aromatic carbocycles. The van der Waals surface area contributed by atoms with Crippen LogP contribution in [0.4, 0.5) is 10.2 Å². The molecule has 1 saturated carbocycles. The number of hydrogen-bond acceptors (Lipinski definition) is 4. The van der Waals surface area contributed by atoms with Crippen molar-refractivity contribution in [2.24, 2.45) is 5.92 Å². The number of anilines is 1. The van der Waals surface area contributed by atoms with Crippen LogP contribution < -0.4 is 10.6 Å². The molecule has 0 unspecified atom stereocenters. The molecule has 1 fully saturated rings. The van der Waals surface area contributed by atoms with Crippen molar-refractivity contribution in [3.8, 4) is 5.69 Å². The molecule has 2 atom stereocenters. The molecule has 2 heterocycles. The van der Waals surface area contributed by atoms with Crippen LogP contribution in [-0.2, 0) is 21.1 Å². The first kappa shape index (κ1) is 19.0. The van der Waals surface area contributed by atoms with Crippen molar-refractivity contribution < 1.29 is 14.0 Å². The van der Waals surface area contributed by atoms with Gasteiger partial charge in [0, 0.05) is 23.1 Å². The zero-order valence-electron chi connectivity index (χ0n) is 15.7. The monoisotopic (exact) mass is 402 g/mol. The van der Waals surface area contributed by atoms with Gasteiger partial charge in [0.25, 0.3) is 0 Å². The quantitative estimate of drug-likeness (QED) is 0.772. The van der Waals surface area contributed by atoms with Gasteiger partial charge in [-0.3, -0.25) is 9.59 Å². The van der Waals surface area contributed by atoms with Crippen LogP contribution in [0.15, 0.2) is 24.3 Å². The zero-order valence-corrected chi connectivity index (χ0v) is 16.5.